The van der Waals surface area contributed by atoms with Gasteiger partial charge < -0.3 is 15.5 Å². The number of nitrogens with one attached hydrogen (secondary N) is 1. The van der Waals surface area contributed by atoms with Gasteiger partial charge in [-0.05, 0) is 37.3 Å². The summed E-state index contributed by atoms with van der Waals surface area (Å²) in [7, 11) is 0. The van der Waals surface area contributed by atoms with Crippen molar-refractivity contribution in [1.82, 2.24) is 0 Å². The molecule has 0 aromatic heterocycles. The number of phenolic OH excluding ortho intramolecular Hbond substituents is 2. The van der Waals surface area contributed by atoms with Crippen LogP contribution in [0, 0.1) is 0 Å². The Bertz CT molecular complexity index is 641. The van der Waals surface area contributed by atoms with Crippen molar-refractivity contribution in [3.8, 4) is 11.5 Å². The van der Waals surface area contributed by atoms with Crippen molar-refractivity contribution < 1.29 is 23.4 Å². The van der Waals surface area contributed by atoms with Crippen LogP contribution >= 0.6 is 0 Å². The van der Waals surface area contributed by atoms with Crippen molar-refractivity contribution in [3.63, 3.8) is 0 Å². The molecule has 0 aliphatic heterocycles. The zero-order chi connectivity index (χ0) is 15.6. The molecule has 1 unspecified atom stereocenters. The zero-order valence-corrected chi connectivity index (χ0v) is 11.1. The number of hydrogen-bond donors (Lipinski definition) is 3. The monoisotopic (exact) mass is 297 g/mol. The van der Waals surface area contributed by atoms with Gasteiger partial charge in [0.25, 0.3) is 0 Å². The lowest BCUT2D eigenvalue weighted by Gasteiger charge is -2.20. The number of phenols is 2. The Kier molecular flexibility index (Phi) is 3.97. The molecule has 3 nitrogen and oxygen atoms in total. The summed E-state index contributed by atoms with van der Waals surface area (Å²) in [5.74, 6) is -0.169. The first-order valence-electron chi connectivity index (χ1n) is 6.23. The number of benzene rings is 2. The maximum absolute atomic E-state index is 12.9. The molecule has 0 fully saturated rings. The summed E-state index contributed by atoms with van der Waals surface area (Å²) >= 11 is 0. The fraction of sp³-hybridized carbons (Fsp3) is 0.200. The van der Waals surface area contributed by atoms with Crippen LogP contribution in [0.15, 0.2) is 42.5 Å². The van der Waals surface area contributed by atoms with E-state index < -0.39 is 17.8 Å². The highest BCUT2D eigenvalue weighted by molar-refractivity contribution is 5.55. The summed E-state index contributed by atoms with van der Waals surface area (Å²) in [6.45, 7) is 1.60. The van der Waals surface area contributed by atoms with Gasteiger partial charge in [-0.1, -0.05) is 12.1 Å². The molecule has 0 spiro atoms. The smallest absolute Gasteiger partial charge is 0.418 e. The third kappa shape index (κ3) is 3.39. The average Bonchev–Trinajstić information content (AvgIpc) is 2.41. The molecule has 0 aliphatic rings. The molecule has 0 aliphatic carbocycles. The number of anilines is 1. The molecule has 0 saturated carbocycles. The molecule has 6 heteroatoms. The van der Waals surface area contributed by atoms with Gasteiger partial charge in [0.05, 0.1) is 11.6 Å². The van der Waals surface area contributed by atoms with E-state index in [2.05, 4.69) is 5.32 Å². The van der Waals surface area contributed by atoms with E-state index >= 15 is 0 Å². The van der Waals surface area contributed by atoms with Crippen LogP contribution in [0.1, 0.15) is 24.1 Å². The molecule has 112 valence electrons. The first kappa shape index (κ1) is 15.0. The van der Waals surface area contributed by atoms with Crippen molar-refractivity contribution in [2.24, 2.45) is 0 Å². The first-order chi connectivity index (χ1) is 9.79. The largest absolute Gasteiger partial charge is 0.508 e. The van der Waals surface area contributed by atoms with E-state index in [9.17, 15) is 23.4 Å². The van der Waals surface area contributed by atoms with Gasteiger partial charge in [-0.25, -0.2) is 0 Å². The van der Waals surface area contributed by atoms with Crippen LogP contribution in [0.2, 0.25) is 0 Å². The summed E-state index contributed by atoms with van der Waals surface area (Å²) in [5.41, 5.74) is -0.552. The van der Waals surface area contributed by atoms with E-state index in [1.54, 1.807) is 6.92 Å². The van der Waals surface area contributed by atoms with Gasteiger partial charge >= 0.3 is 6.18 Å². The summed E-state index contributed by atoms with van der Waals surface area (Å²) in [6, 6.07) is 8.39. The Morgan fingerprint density at radius 3 is 2.38 bits per heavy atom. The average molecular weight is 297 g/mol. The summed E-state index contributed by atoms with van der Waals surface area (Å²) in [5, 5.41) is 21.9. The Balaban J connectivity index is 2.32. The zero-order valence-electron chi connectivity index (χ0n) is 11.1. The standard InChI is InChI=1S/C15H14F3NO2/c1-9(11-8-10(20)6-7-14(11)21)19-13-5-3-2-4-12(13)15(16,17)18/h2-9,19-21H,1H3. The molecule has 0 amide bonds. The normalized spacial score (nSPS) is 13.0. The molecule has 2 rings (SSSR count). The van der Waals surface area contributed by atoms with Crippen LogP contribution in [0.5, 0.6) is 11.5 Å². The van der Waals surface area contributed by atoms with Gasteiger partial charge in [0.2, 0.25) is 0 Å². The SMILES string of the molecule is CC(Nc1ccccc1C(F)(F)F)c1cc(O)ccc1O. The minimum atomic E-state index is -4.47. The maximum atomic E-state index is 12.9. The highest BCUT2D eigenvalue weighted by atomic mass is 19.4. The Hall–Kier alpha value is -2.37. The van der Waals surface area contributed by atoms with Gasteiger partial charge in [0.15, 0.2) is 0 Å². The lowest BCUT2D eigenvalue weighted by Crippen LogP contribution is -2.13. The summed E-state index contributed by atoms with van der Waals surface area (Å²) < 4.78 is 38.7. The second kappa shape index (κ2) is 5.55. The van der Waals surface area contributed by atoms with Gasteiger partial charge in [0.1, 0.15) is 11.5 Å². The second-order valence-corrected chi connectivity index (χ2v) is 4.65. The minimum absolute atomic E-state index is 0.0689. The lowest BCUT2D eigenvalue weighted by molar-refractivity contribution is -0.137. The van der Waals surface area contributed by atoms with Gasteiger partial charge in [-0.2, -0.15) is 13.2 Å². The number of alkyl halides is 3. The molecule has 2 aromatic rings. The topological polar surface area (TPSA) is 52.5 Å². The van der Waals surface area contributed by atoms with E-state index in [-0.39, 0.29) is 17.2 Å². The van der Waals surface area contributed by atoms with Gasteiger partial charge in [-0.3, -0.25) is 0 Å². The molecule has 0 bridgehead atoms. The van der Waals surface area contributed by atoms with Gasteiger partial charge in [0, 0.05) is 11.3 Å². The van der Waals surface area contributed by atoms with Crippen LogP contribution in [0.25, 0.3) is 0 Å². The fourth-order valence-corrected chi connectivity index (χ4v) is 2.06. The number of rotatable bonds is 3. The van der Waals surface area contributed by atoms with Crippen LogP contribution in [0.4, 0.5) is 18.9 Å². The number of para-hydroxylation sites is 1. The number of hydrogen-bond acceptors (Lipinski definition) is 3. The molecule has 0 radical (unpaired) electrons. The molecular weight excluding hydrogens is 283 g/mol. The van der Waals surface area contributed by atoms with E-state index in [1.165, 1.54) is 36.4 Å². The minimum Gasteiger partial charge on any atom is -0.508 e. The van der Waals surface area contributed by atoms with Crippen molar-refractivity contribution >= 4 is 5.69 Å². The predicted molar refractivity (Wildman–Crippen MR) is 73.3 cm³/mol. The number of halogens is 3. The molecule has 21 heavy (non-hydrogen) atoms. The van der Waals surface area contributed by atoms with E-state index in [1.807, 2.05) is 0 Å². The number of aromatic hydroxyl groups is 2. The lowest BCUT2D eigenvalue weighted by atomic mass is 10.1. The van der Waals surface area contributed by atoms with Crippen molar-refractivity contribution in [2.45, 2.75) is 19.1 Å². The molecule has 2 aromatic carbocycles. The van der Waals surface area contributed by atoms with E-state index in [0.29, 0.717) is 5.56 Å². The quantitative estimate of drug-likeness (QED) is 0.741. The Morgan fingerprint density at radius 2 is 1.71 bits per heavy atom. The second-order valence-electron chi connectivity index (χ2n) is 4.65. The molecule has 1 atom stereocenters. The molecular formula is C15H14F3NO2. The fourth-order valence-electron chi connectivity index (χ4n) is 2.06. The molecule has 0 saturated heterocycles. The third-order valence-electron chi connectivity index (χ3n) is 3.08. The first-order valence-corrected chi connectivity index (χ1v) is 6.23. The van der Waals surface area contributed by atoms with Crippen LogP contribution in [0.3, 0.4) is 0 Å². The highest BCUT2D eigenvalue weighted by Crippen LogP contribution is 2.37. The van der Waals surface area contributed by atoms with Crippen LogP contribution in [-0.2, 0) is 6.18 Å². The van der Waals surface area contributed by atoms with Crippen molar-refractivity contribution in [1.29, 1.82) is 0 Å². The predicted octanol–water partition coefficient (Wildman–Crippen LogP) is 4.29. The highest BCUT2D eigenvalue weighted by Gasteiger charge is 2.33. The van der Waals surface area contributed by atoms with Crippen molar-refractivity contribution in [3.05, 3.63) is 53.6 Å². The van der Waals surface area contributed by atoms with Gasteiger partial charge in [-0.15, -0.1) is 0 Å². The summed E-state index contributed by atoms with van der Waals surface area (Å²) in [4.78, 5) is 0. The van der Waals surface area contributed by atoms with Crippen LogP contribution < -0.4 is 5.32 Å². The molecule has 0 heterocycles. The third-order valence-corrected chi connectivity index (χ3v) is 3.08. The maximum Gasteiger partial charge on any atom is 0.418 e. The summed E-state index contributed by atoms with van der Waals surface area (Å²) in [6.07, 6.45) is -4.47. The Morgan fingerprint density at radius 1 is 1.05 bits per heavy atom. The van der Waals surface area contributed by atoms with Crippen molar-refractivity contribution in [2.75, 3.05) is 5.32 Å². The Labute approximate surface area is 119 Å². The van der Waals surface area contributed by atoms with Crippen LogP contribution in [-0.4, -0.2) is 10.2 Å². The van der Waals surface area contributed by atoms with E-state index in [4.69, 9.17) is 0 Å². The van der Waals surface area contributed by atoms with E-state index in [0.717, 1.165) is 6.07 Å². The molecule has 3 N–H and O–H groups in total.